The summed E-state index contributed by atoms with van der Waals surface area (Å²) in [6.45, 7) is 1.99. The molecule has 1 unspecified atom stereocenters. The second-order valence-electron chi connectivity index (χ2n) is 6.76. The zero-order valence-corrected chi connectivity index (χ0v) is 16.9. The molecular formula is C23H19ClN4O2. The maximum atomic E-state index is 12.7. The minimum Gasteiger partial charge on any atom is -0.418 e. The molecule has 0 aliphatic heterocycles. The van der Waals surface area contributed by atoms with Crippen molar-refractivity contribution in [2.45, 2.75) is 13.0 Å². The van der Waals surface area contributed by atoms with E-state index >= 15 is 0 Å². The molecule has 0 aliphatic rings. The molecule has 6 nitrogen and oxygen atoms in total. The van der Waals surface area contributed by atoms with E-state index in [0.29, 0.717) is 16.6 Å². The van der Waals surface area contributed by atoms with Gasteiger partial charge in [0, 0.05) is 16.3 Å². The number of carbonyl (C=O) groups is 1. The highest BCUT2D eigenvalue weighted by atomic mass is 35.5. The molecular weight excluding hydrogens is 400 g/mol. The lowest BCUT2D eigenvalue weighted by Crippen LogP contribution is -2.33. The Morgan fingerprint density at radius 3 is 2.33 bits per heavy atom. The number of nitrogens with one attached hydrogen (secondary N) is 2. The van der Waals surface area contributed by atoms with Crippen LogP contribution < -0.4 is 10.6 Å². The number of nitrogens with zero attached hydrogens (tertiary/aromatic N) is 2. The number of amides is 2. The van der Waals surface area contributed by atoms with Gasteiger partial charge in [0.25, 0.3) is 0 Å². The molecule has 0 bridgehead atoms. The van der Waals surface area contributed by atoms with Crippen molar-refractivity contribution >= 4 is 23.3 Å². The summed E-state index contributed by atoms with van der Waals surface area (Å²) in [4.78, 5) is 12.7. The van der Waals surface area contributed by atoms with Gasteiger partial charge in [-0.05, 0) is 48.9 Å². The van der Waals surface area contributed by atoms with Crippen LogP contribution in [0.15, 0.2) is 83.3 Å². The molecule has 4 rings (SSSR count). The molecule has 0 saturated carbocycles. The van der Waals surface area contributed by atoms with Gasteiger partial charge in [-0.15, -0.1) is 10.2 Å². The largest absolute Gasteiger partial charge is 0.418 e. The summed E-state index contributed by atoms with van der Waals surface area (Å²) < 4.78 is 5.89. The van der Waals surface area contributed by atoms with E-state index in [1.807, 2.05) is 73.7 Å². The van der Waals surface area contributed by atoms with E-state index in [-0.39, 0.29) is 5.89 Å². The monoisotopic (exact) mass is 418 g/mol. The maximum Gasteiger partial charge on any atom is 0.320 e. The van der Waals surface area contributed by atoms with Crippen molar-refractivity contribution in [1.29, 1.82) is 0 Å². The average Bonchev–Trinajstić information content (AvgIpc) is 3.25. The Morgan fingerprint density at radius 1 is 0.933 bits per heavy atom. The number of urea groups is 1. The van der Waals surface area contributed by atoms with Crippen molar-refractivity contribution in [2.75, 3.05) is 5.32 Å². The molecule has 3 aromatic carbocycles. The normalized spacial score (nSPS) is 11.7. The first-order chi connectivity index (χ1) is 14.6. The maximum absolute atomic E-state index is 12.7. The Hall–Kier alpha value is -3.64. The van der Waals surface area contributed by atoms with Crippen LogP contribution in [0.2, 0.25) is 5.02 Å². The Labute approximate surface area is 178 Å². The van der Waals surface area contributed by atoms with Gasteiger partial charge < -0.3 is 15.1 Å². The molecule has 0 radical (unpaired) electrons. The fraction of sp³-hybridized carbons (Fsp3) is 0.0870. The molecule has 150 valence electrons. The van der Waals surface area contributed by atoms with Crippen molar-refractivity contribution in [1.82, 2.24) is 15.5 Å². The van der Waals surface area contributed by atoms with Gasteiger partial charge in [-0.25, -0.2) is 4.79 Å². The lowest BCUT2D eigenvalue weighted by molar-refractivity contribution is 0.248. The van der Waals surface area contributed by atoms with Crippen molar-refractivity contribution in [3.05, 3.63) is 101 Å². The predicted octanol–water partition coefficient (Wildman–Crippen LogP) is 5.61. The van der Waals surface area contributed by atoms with Gasteiger partial charge in [-0.3, -0.25) is 0 Å². The van der Waals surface area contributed by atoms with Crippen LogP contribution in [0, 0.1) is 6.92 Å². The molecule has 0 aliphatic carbocycles. The molecule has 0 fully saturated rings. The Morgan fingerprint density at radius 2 is 1.63 bits per heavy atom. The van der Waals surface area contributed by atoms with Crippen LogP contribution >= 0.6 is 11.6 Å². The van der Waals surface area contributed by atoms with E-state index < -0.39 is 12.1 Å². The first-order valence-electron chi connectivity index (χ1n) is 9.37. The first kappa shape index (κ1) is 19.7. The van der Waals surface area contributed by atoms with E-state index in [0.717, 1.165) is 16.7 Å². The van der Waals surface area contributed by atoms with Gasteiger partial charge in [0.2, 0.25) is 11.8 Å². The summed E-state index contributed by atoms with van der Waals surface area (Å²) in [6, 6.07) is 23.1. The van der Waals surface area contributed by atoms with Gasteiger partial charge in [0.1, 0.15) is 6.04 Å². The second-order valence-corrected chi connectivity index (χ2v) is 7.20. The predicted molar refractivity (Wildman–Crippen MR) is 116 cm³/mol. The fourth-order valence-corrected chi connectivity index (χ4v) is 3.05. The lowest BCUT2D eigenvalue weighted by atomic mass is 10.1. The smallest absolute Gasteiger partial charge is 0.320 e. The molecule has 4 aromatic rings. The van der Waals surface area contributed by atoms with Crippen LogP contribution in [0.5, 0.6) is 0 Å². The first-order valence-corrected chi connectivity index (χ1v) is 9.75. The summed E-state index contributed by atoms with van der Waals surface area (Å²) in [5.74, 6) is 0.653. The summed E-state index contributed by atoms with van der Waals surface area (Å²) in [7, 11) is 0. The number of hydrogen-bond donors (Lipinski definition) is 2. The Balaban J connectivity index is 1.60. The number of aromatic nitrogens is 2. The standard InChI is InChI=1S/C23H19ClN4O2/c1-15-7-13-19(14-8-15)25-23(29)26-20(16-9-11-18(24)12-10-16)22-28-27-21(30-22)17-5-3-2-4-6-17/h2-14,20H,1H3,(H2,25,26,29). The molecule has 0 spiro atoms. The Kier molecular flexibility index (Phi) is 5.77. The average molecular weight is 419 g/mol. The van der Waals surface area contributed by atoms with Gasteiger partial charge >= 0.3 is 6.03 Å². The molecule has 1 heterocycles. The van der Waals surface area contributed by atoms with E-state index in [2.05, 4.69) is 20.8 Å². The Bertz CT molecular complexity index is 1130. The molecule has 2 amide bonds. The number of halogens is 1. The number of carbonyl (C=O) groups excluding carboxylic acids is 1. The minimum absolute atomic E-state index is 0.273. The zero-order chi connectivity index (χ0) is 20.9. The molecule has 7 heteroatoms. The van der Waals surface area contributed by atoms with Crippen LogP contribution in [0.1, 0.15) is 23.1 Å². The van der Waals surface area contributed by atoms with E-state index in [1.54, 1.807) is 12.1 Å². The number of anilines is 1. The van der Waals surface area contributed by atoms with Crippen LogP contribution in [0.25, 0.3) is 11.5 Å². The lowest BCUT2D eigenvalue weighted by Gasteiger charge is -2.16. The molecule has 0 saturated heterocycles. The highest BCUT2D eigenvalue weighted by Gasteiger charge is 2.23. The number of hydrogen-bond acceptors (Lipinski definition) is 4. The third kappa shape index (κ3) is 4.67. The third-order valence-corrected chi connectivity index (χ3v) is 4.75. The van der Waals surface area contributed by atoms with E-state index in [4.69, 9.17) is 16.0 Å². The van der Waals surface area contributed by atoms with Crippen molar-refractivity contribution in [3.8, 4) is 11.5 Å². The number of aryl methyl sites for hydroxylation is 1. The summed E-state index contributed by atoms with van der Waals surface area (Å²) in [5, 5.41) is 14.6. The fourth-order valence-electron chi connectivity index (χ4n) is 2.93. The van der Waals surface area contributed by atoms with Crippen molar-refractivity contribution in [3.63, 3.8) is 0 Å². The quantitative estimate of drug-likeness (QED) is 0.441. The van der Waals surface area contributed by atoms with Gasteiger partial charge in [0.15, 0.2) is 0 Å². The molecule has 2 N–H and O–H groups in total. The van der Waals surface area contributed by atoms with Crippen LogP contribution in [-0.4, -0.2) is 16.2 Å². The SMILES string of the molecule is Cc1ccc(NC(=O)NC(c2ccc(Cl)cc2)c2nnc(-c3ccccc3)o2)cc1. The topological polar surface area (TPSA) is 80.0 Å². The van der Waals surface area contributed by atoms with Crippen LogP contribution in [0.3, 0.4) is 0 Å². The van der Waals surface area contributed by atoms with E-state index in [9.17, 15) is 4.79 Å². The van der Waals surface area contributed by atoms with E-state index in [1.165, 1.54) is 0 Å². The number of benzene rings is 3. The number of rotatable bonds is 5. The second kappa shape index (κ2) is 8.80. The highest BCUT2D eigenvalue weighted by Crippen LogP contribution is 2.26. The van der Waals surface area contributed by atoms with Gasteiger partial charge in [0.05, 0.1) is 0 Å². The summed E-state index contributed by atoms with van der Waals surface area (Å²) >= 11 is 6.02. The van der Waals surface area contributed by atoms with Crippen molar-refractivity contribution < 1.29 is 9.21 Å². The summed E-state index contributed by atoms with van der Waals surface area (Å²) in [5.41, 5.74) is 3.36. The van der Waals surface area contributed by atoms with Gasteiger partial charge in [-0.2, -0.15) is 0 Å². The highest BCUT2D eigenvalue weighted by molar-refractivity contribution is 6.30. The molecule has 30 heavy (non-hydrogen) atoms. The van der Waals surface area contributed by atoms with Crippen LogP contribution in [0.4, 0.5) is 10.5 Å². The molecule has 1 atom stereocenters. The van der Waals surface area contributed by atoms with Crippen LogP contribution in [-0.2, 0) is 0 Å². The third-order valence-electron chi connectivity index (χ3n) is 4.50. The minimum atomic E-state index is -0.641. The van der Waals surface area contributed by atoms with Crippen molar-refractivity contribution in [2.24, 2.45) is 0 Å². The van der Waals surface area contributed by atoms with Gasteiger partial charge in [-0.1, -0.05) is 59.6 Å². The summed E-state index contributed by atoms with van der Waals surface area (Å²) in [6.07, 6.45) is 0. The molecule has 1 aromatic heterocycles. The zero-order valence-electron chi connectivity index (χ0n) is 16.2.